The number of hydrogen-bond acceptors (Lipinski definition) is 6. The minimum Gasteiger partial charge on any atom is -0.466 e. The zero-order valence-corrected chi connectivity index (χ0v) is 21.0. The van der Waals surface area contributed by atoms with Crippen molar-refractivity contribution in [3.05, 3.63) is 71.0 Å². The van der Waals surface area contributed by atoms with E-state index in [1.807, 2.05) is 55.5 Å². The van der Waals surface area contributed by atoms with Crippen molar-refractivity contribution in [2.45, 2.75) is 39.7 Å². The normalized spacial score (nSPS) is 13.6. The average molecular weight is 499 g/mol. The van der Waals surface area contributed by atoms with Gasteiger partial charge in [0.05, 0.1) is 24.8 Å². The predicted molar refractivity (Wildman–Crippen MR) is 134 cm³/mol. The van der Waals surface area contributed by atoms with E-state index in [1.165, 1.54) is 6.20 Å². The number of aromatic amines is 1. The molecular weight excluding hydrogens is 468 g/mol. The maximum Gasteiger partial charge on any atom is 0.314 e. The van der Waals surface area contributed by atoms with Crippen molar-refractivity contribution in [3.63, 3.8) is 0 Å². The van der Waals surface area contributed by atoms with Gasteiger partial charge >= 0.3 is 5.97 Å². The number of carbonyl (C=O) groups excluding carboxylic acids is 2. The van der Waals surface area contributed by atoms with Crippen LogP contribution in [0.2, 0.25) is 5.02 Å². The van der Waals surface area contributed by atoms with Crippen LogP contribution in [0.25, 0.3) is 11.1 Å². The molecule has 9 heteroatoms. The zero-order chi connectivity index (χ0) is 25.3. The van der Waals surface area contributed by atoms with Crippen LogP contribution in [0.15, 0.2) is 54.7 Å². The van der Waals surface area contributed by atoms with Crippen molar-refractivity contribution >= 4 is 23.5 Å². The number of aromatic nitrogens is 3. The second-order valence-corrected chi connectivity index (χ2v) is 9.00. The molecule has 1 amide bonds. The highest BCUT2D eigenvalue weighted by Crippen LogP contribution is 2.29. The molecular formula is C26H31ClN4O4. The summed E-state index contributed by atoms with van der Waals surface area (Å²) >= 11 is 6.13. The lowest BCUT2D eigenvalue weighted by Crippen LogP contribution is -2.45. The summed E-state index contributed by atoms with van der Waals surface area (Å²) in [4.78, 5) is 25.6. The standard InChI is InChI=1S/C26H31ClN4O4/c1-4-34-17-26(3,25(33)35-5-2)15-22(29-24(32)23-16-28-31-30-23)13-18-9-11-19(12-10-18)20-7-6-8-21(27)14-20/h6-12,14,16,22H,4-5,13,15,17H2,1-3H3,(H,29,32)(H,28,30,31). The number of amides is 1. The Morgan fingerprint density at radius 2 is 1.89 bits per heavy atom. The summed E-state index contributed by atoms with van der Waals surface area (Å²) in [6, 6.07) is 15.3. The Morgan fingerprint density at radius 1 is 1.11 bits per heavy atom. The monoisotopic (exact) mass is 498 g/mol. The molecule has 0 fully saturated rings. The molecule has 0 spiro atoms. The molecule has 0 saturated heterocycles. The number of H-pyrrole nitrogens is 1. The molecule has 186 valence electrons. The van der Waals surface area contributed by atoms with Gasteiger partial charge < -0.3 is 14.8 Å². The first kappa shape index (κ1) is 26.4. The number of benzene rings is 2. The number of nitrogens with zero attached hydrogens (tertiary/aromatic N) is 2. The van der Waals surface area contributed by atoms with E-state index in [1.54, 1.807) is 13.8 Å². The van der Waals surface area contributed by atoms with Crippen LogP contribution in [0, 0.1) is 5.41 Å². The average Bonchev–Trinajstić information content (AvgIpc) is 3.39. The minimum atomic E-state index is -0.936. The summed E-state index contributed by atoms with van der Waals surface area (Å²) in [6.07, 6.45) is 2.18. The van der Waals surface area contributed by atoms with Crippen molar-refractivity contribution in [2.24, 2.45) is 5.41 Å². The molecule has 0 aliphatic heterocycles. The molecule has 2 atom stereocenters. The van der Waals surface area contributed by atoms with Crippen molar-refractivity contribution in [1.29, 1.82) is 0 Å². The van der Waals surface area contributed by atoms with Crippen LogP contribution in [0.1, 0.15) is 43.2 Å². The molecule has 2 unspecified atom stereocenters. The van der Waals surface area contributed by atoms with Gasteiger partial charge in [0.1, 0.15) is 0 Å². The molecule has 3 rings (SSSR count). The summed E-state index contributed by atoms with van der Waals surface area (Å²) in [6.45, 7) is 6.36. The van der Waals surface area contributed by atoms with E-state index in [4.69, 9.17) is 21.1 Å². The van der Waals surface area contributed by atoms with E-state index >= 15 is 0 Å². The lowest BCUT2D eigenvalue weighted by Gasteiger charge is -2.31. The molecule has 1 aromatic heterocycles. The van der Waals surface area contributed by atoms with Gasteiger partial charge in [-0.15, -0.1) is 0 Å². The molecule has 0 aliphatic carbocycles. The second-order valence-electron chi connectivity index (χ2n) is 8.56. The number of carbonyl (C=O) groups is 2. The van der Waals surface area contributed by atoms with Gasteiger partial charge in [0.15, 0.2) is 5.69 Å². The van der Waals surface area contributed by atoms with Crippen LogP contribution in [0.5, 0.6) is 0 Å². The largest absolute Gasteiger partial charge is 0.466 e. The highest BCUT2D eigenvalue weighted by Gasteiger charge is 2.38. The van der Waals surface area contributed by atoms with E-state index in [-0.39, 0.29) is 36.8 Å². The lowest BCUT2D eigenvalue weighted by molar-refractivity contribution is -0.159. The molecule has 0 saturated carbocycles. The number of nitrogens with one attached hydrogen (secondary N) is 2. The highest BCUT2D eigenvalue weighted by atomic mass is 35.5. The fourth-order valence-electron chi connectivity index (χ4n) is 3.91. The Balaban J connectivity index is 1.83. The maximum atomic E-state index is 12.8. The van der Waals surface area contributed by atoms with Gasteiger partial charge in [-0.3, -0.25) is 9.59 Å². The second kappa shape index (κ2) is 12.5. The fourth-order valence-corrected chi connectivity index (χ4v) is 4.10. The van der Waals surface area contributed by atoms with Gasteiger partial charge in [-0.05, 0) is 62.4 Å². The van der Waals surface area contributed by atoms with E-state index in [0.29, 0.717) is 24.5 Å². The molecule has 35 heavy (non-hydrogen) atoms. The Bertz CT molecular complexity index is 1100. The number of rotatable bonds is 12. The van der Waals surface area contributed by atoms with E-state index in [9.17, 15) is 9.59 Å². The Kier molecular flexibility index (Phi) is 9.39. The summed E-state index contributed by atoms with van der Waals surface area (Å²) in [5.74, 6) is -0.729. The van der Waals surface area contributed by atoms with Crippen molar-refractivity contribution in [3.8, 4) is 11.1 Å². The van der Waals surface area contributed by atoms with Crippen molar-refractivity contribution in [1.82, 2.24) is 20.7 Å². The molecule has 8 nitrogen and oxygen atoms in total. The minimum absolute atomic E-state index is 0.175. The summed E-state index contributed by atoms with van der Waals surface area (Å²) in [5.41, 5.74) is 2.30. The van der Waals surface area contributed by atoms with Gasteiger partial charge in [0, 0.05) is 17.7 Å². The molecule has 0 aliphatic rings. The van der Waals surface area contributed by atoms with Crippen LogP contribution in [0.4, 0.5) is 0 Å². The number of esters is 1. The van der Waals surface area contributed by atoms with Crippen LogP contribution < -0.4 is 5.32 Å². The first-order valence-electron chi connectivity index (χ1n) is 11.6. The molecule has 0 radical (unpaired) electrons. The zero-order valence-electron chi connectivity index (χ0n) is 20.2. The number of hydrogen-bond donors (Lipinski definition) is 2. The summed E-state index contributed by atoms with van der Waals surface area (Å²) in [7, 11) is 0. The van der Waals surface area contributed by atoms with E-state index in [2.05, 4.69) is 20.7 Å². The van der Waals surface area contributed by atoms with E-state index in [0.717, 1.165) is 16.7 Å². The van der Waals surface area contributed by atoms with Gasteiger partial charge in [0.2, 0.25) is 0 Å². The number of ether oxygens (including phenoxy) is 2. The van der Waals surface area contributed by atoms with Crippen LogP contribution in [-0.4, -0.2) is 53.1 Å². The van der Waals surface area contributed by atoms with Gasteiger partial charge in [-0.25, -0.2) is 0 Å². The SMILES string of the molecule is CCOCC(C)(CC(Cc1ccc(-c2cccc(Cl)c2)cc1)NC(=O)c1cn[nH]n1)C(=O)OCC. The molecule has 2 N–H and O–H groups in total. The third-order valence-electron chi connectivity index (χ3n) is 5.67. The first-order valence-corrected chi connectivity index (χ1v) is 12.0. The topological polar surface area (TPSA) is 106 Å². The lowest BCUT2D eigenvalue weighted by atomic mass is 9.82. The maximum absolute atomic E-state index is 12.8. The highest BCUT2D eigenvalue weighted by molar-refractivity contribution is 6.30. The van der Waals surface area contributed by atoms with Crippen LogP contribution in [0.3, 0.4) is 0 Å². The molecule has 1 heterocycles. The number of halogens is 1. The summed E-state index contributed by atoms with van der Waals surface area (Å²) < 4.78 is 11.0. The quantitative estimate of drug-likeness (QED) is 0.357. The van der Waals surface area contributed by atoms with E-state index < -0.39 is 5.41 Å². The van der Waals surface area contributed by atoms with Gasteiger partial charge in [-0.1, -0.05) is 48.0 Å². The Labute approximate surface area is 210 Å². The van der Waals surface area contributed by atoms with Crippen LogP contribution in [-0.2, 0) is 20.7 Å². The van der Waals surface area contributed by atoms with Gasteiger partial charge in [0.25, 0.3) is 5.91 Å². The summed E-state index contributed by atoms with van der Waals surface area (Å²) in [5, 5.41) is 13.7. The third kappa shape index (κ3) is 7.37. The Morgan fingerprint density at radius 3 is 2.51 bits per heavy atom. The molecule has 2 aromatic carbocycles. The smallest absolute Gasteiger partial charge is 0.314 e. The first-order chi connectivity index (χ1) is 16.8. The van der Waals surface area contributed by atoms with Crippen molar-refractivity contribution in [2.75, 3.05) is 19.8 Å². The Hall–Kier alpha value is -3.23. The van der Waals surface area contributed by atoms with Crippen molar-refractivity contribution < 1.29 is 19.1 Å². The fraction of sp³-hybridized carbons (Fsp3) is 0.385. The van der Waals surface area contributed by atoms with Crippen LogP contribution >= 0.6 is 11.6 Å². The predicted octanol–water partition coefficient (Wildman–Crippen LogP) is 4.46. The third-order valence-corrected chi connectivity index (χ3v) is 5.90. The molecule has 0 bridgehead atoms. The molecule has 3 aromatic rings. The van der Waals surface area contributed by atoms with Gasteiger partial charge in [-0.2, -0.15) is 15.4 Å².